The molecule has 4 heteroatoms. The number of likely N-dealkylation sites (tertiary alicyclic amines) is 1. The summed E-state index contributed by atoms with van der Waals surface area (Å²) in [6, 6.07) is 1.81. The van der Waals surface area contributed by atoms with Crippen LogP contribution in [0.15, 0.2) is 18.5 Å². The first kappa shape index (κ1) is 9.15. The number of nitrogens with zero attached hydrogens (tertiary/aromatic N) is 2. The fourth-order valence-corrected chi connectivity index (χ4v) is 1.48. The standard InChI is InChI=1S/C10H12N2O2/c1-7-2-3-11-4-9(7)10(14)12-5-8(13)6-12/h2-4,8,13H,5-6H2,1H3. The first-order chi connectivity index (χ1) is 6.68. The monoisotopic (exact) mass is 192 g/mol. The normalized spacial score (nSPS) is 16.6. The van der Waals surface area contributed by atoms with Gasteiger partial charge in [-0.2, -0.15) is 0 Å². The second-order valence-electron chi connectivity index (χ2n) is 3.55. The Bertz CT molecular complexity index is 359. The molecule has 4 nitrogen and oxygen atoms in total. The fraction of sp³-hybridized carbons (Fsp3) is 0.400. The van der Waals surface area contributed by atoms with Crippen molar-refractivity contribution in [2.24, 2.45) is 0 Å². The van der Waals surface area contributed by atoms with Gasteiger partial charge in [-0.25, -0.2) is 0 Å². The molecule has 1 aromatic heterocycles. The molecule has 1 aliphatic heterocycles. The Balaban J connectivity index is 2.16. The Labute approximate surface area is 82.2 Å². The first-order valence-electron chi connectivity index (χ1n) is 4.56. The molecule has 0 aliphatic carbocycles. The van der Waals surface area contributed by atoms with Gasteiger partial charge in [-0.05, 0) is 18.6 Å². The Morgan fingerprint density at radius 2 is 2.36 bits per heavy atom. The number of carbonyl (C=O) groups excluding carboxylic acids is 1. The van der Waals surface area contributed by atoms with Gasteiger partial charge >= 0.3 is 0 Å². The van der Waals surface area contributed by atoms with E-state index < -0.39 is 0 Å². The highest BCUT2D eigenvalue weighted by atomic mass is 16.3. The van der Waals surface area contributed by atoms with Gasteiger partial charge in [0.15, 0.2) is 0 Å². The number of hydrogen-bond acceptors (Lipinski definition) is 3. The van der Waals surface area contributed by atoms with Crippen LogP contribution in [0.25, 0.3) is 0 Å². The topological polar surface area (TPSA) is 53.4 Å². The third-order valence-electron chi connectivity index (χ3n) is 2.42. The molecule has 0 spiro atoms. The minimum Gasteiger partial charge on any atom is -0.389 e. The van der Waals surface area contributed by atoms with E-state index in [0.717, 1.165) is 5.56 Å². The number of aliphatic hydroxyl groups excluding tert-OH is 1. The molecule has 2 rings (SSSR count). The van der Waals surface area contributed by atoms with Crippen molar-refractivity contribution in [3.63, 3.8) is 0 Å². The highest BCUT2D eigenvalue weighted by Crippen LogP contribution is 2.14. The van der Waals surface area contributed by atoms with Crippen LogP contribution in [0.3, 0.4) is 0 Å². The van der Waals surface area contributed by atoms with Crippen LogP contribution in [0.1, 0.15) is 15.9 Å². The SMILES string of the molecule is Cc1ccncc1C(=O)N1CC(O)C1. The molecule has 74 valence electrons. The molecule has 0 unspecified atom stereocenters. The van der Waals surface area contributed by atoms with Crippen molar-refractivity contribution in [3.8, 4) is 0 Å². The lowest BCUT2D eigenvalue weighted by molar-refractivity contribution is 0.00581. The van der Waals surface area contributed by atoms with E-state index in [0.29, 0.717) is 18.7 Å². The van der Waals surface area contributed by atoms with Crippen LogP contribution >= 0.6 is 0 Å². The highest BCUT2D eigenvalue weighted by Gasteiger charge is 2.29. The van der Waals surface area contributed by atoms with E-state index >= 15 is 0 Å². The summed E-state index contributed by atoms with van der Waals surface area (Å²) in [5.41, 5.74) is 1.55. The van der Waals surface area contributed by atoms with Gasteiger partial charge in [0.1, 0.15) is 0 Å². The smallest absolute Gasteiger partial charge is 0.255 e. The molecule has 0 atom stereocenters. The summed E-state index contributed by atoms with van der Waals surface area (Å²) in [6.07, 6.45) is 2.88. The van der Waals surface area contributed by atoms with Crippen LogP contribution < -0.4 is 0 Å². The van der Waals surface area contributed by atoms with Gasteiger partial charge < -0.3 is 10.0 Å². The number of rotatable bonds is 1. The lowest BCUT2D eigenvalue weighted by Crippen LogP contribution is -2.53. The maximum Gasteiger partial charge on any atom is 0.255 e. The summed E-state index contributed by atoms with van der Waals surface area (Å²) in [4.78, 5) is 17.3. The molecule has 0 radical (unpaired) electrons. The number of aliphatic hydroxyl groups is 1. The molecule has 0 saturated carbocycles. The van der Waals surface area contributed by atoms with E-state index in [9.17, 15) is 4.79 Å². The maximum absolute atomic E-state index is 11.8. The lowest BCUT2D eigenvalue weighted by atomic mass is 10.1. The maximum atomic E-state index is 11.8. The quantitative estimate of drug-likeness (QED) is 0.692. The van der Waals surface area contributed by atoms with Gasteiger partial charge in [0, 0.05) is 25.5 Å². The second kappa shape index (κ2) is 3.38. The Morgan fingerprint density at radius 1 is 1.64 bits per heavy atom. The van der Waals surface area contributed by atoms with E-state index in [2.05, 4.69) is 4.98 Å². The number of β-amino-alcohol motifs (C(OH)–C–C–N with tert-alkyl or cyclic N) is 1. The number of carbonyl (C=O) groups is 1. The third kappa shape index (κ3) is 1.48. The van der Waals surface area contributed by atoms with Crippen molar-refractivity contribution in [1.82, 2.24) is 9.88 Å². The van der Waals surface area contributed by atoms with Crippen molar-refractivity contribution in [3.05, 3.63) is 29.6 Å². The number of aromatic nitrogens is 1. The van der Waals surface area contributed by atoms with Crippen LogP contribution in [0.2, 0.25) is 0 Å². The van der Waals surface area contributed by atoms with Crippen LogP contribution in [0.4, 0.5) is 0 Å². The summed E-state index contributed by atoms with van der Waals surface area (Å²) in [5.74, 6) is -0.0408. The fourth-order valence-electron chi connectivity index (χ4n) is 1.48. The summed E-state index contributed by atoms with van der Waals surface area (Å²) < 4.78 is 0. The first-order valence-corrected chi connectivity index (χ1v) is 4.56. The second-order valence-corrected chi connectivity index (χ2v) is 3.55. The zero-order chi connectivity index (χ0) is 10.1. The molecule has 14 heavy (non-hydrogen) atoms. The zero-order valence-corrected chi connectivity index (χ0v) is 7.97. The number of pyridine rings is 1. The van der Waals surface area contributed by atoms with Gasteiger partial charge in [0.05, 0.1) is 11.7 Å². The molecule has 2 heterocycles. The van der Waals surface area contributed by atoms with Gasteiger partial charge in [0.2, 0.25) is 0 Å². The Morgan fingerprint density at radius 3 is 2.93 bits per heavy atom. The van der Waals surface area contributed by atoms with E-state index in [1.165, 1.54) is 0 Å². The minimum atomic E-state index is -0.351. The van der Waals surface area contributed by atoms with Gasteiger partial charge in [-0.15, -0.1) is 0 Å². The molecule has 0 bridgehead atoms. The average Bonchev–Trinajstić information content (AvgIpc) is 2.13. The predicted molar refractivity (Wildman–Crippen MR) is 50.9 cm³/mol. The van der Waals surface area contributed by atoms with Crippen LogP contribution in [-0.4, -0.2) is 40.1 Å². The molecule has 1 aliphatic rings. The van der Waals surface area contributed by atoms with Crippen LogP contribution in [0, 0.1) is 6.92 Å². The van der Waals surface area contributed by atoms with Crippen molar-refractivity contribution in [1.29, 1.82) is 0 Å². The largest absolute Gasteiger partial charge is 0.389 e. The van der Waals surface area contributed by atoms with Crippen molar-refractivity contribution < 1.29 is 9.90 Å². The number of aryl methyl sites for hydroxylation is 1. The number of hydrogen-bond donors (Lipinski definition) is 1. The molecule has 1 aromatic rings. The average molecular weight is 192 g/mol. The summed E-state index contributed by atoms with van der Waals surface area (Å²) in [6.45, 7) is 2.76. The van der Waals surface area contributed by atoms with Crippen LogP contribution in [0.5, 0.6) is 0 Å². The predicted octanol–water partition coefficient (Wildman–Crippen LogP) is 0.207. The van der Waals surface area contributed by atoms with E-state index in [1.54, 1.807) is 17.3 Å². The minimum absolute atomic E-state index is 0.0408. The molecule has 0 aromatic carbocycles. The van der Waals surface area contributed by atoms with Crippen molar-refractivity contribution in [2.45, 2.75) is 13.0 Å². The summed E-state index contributed by atoms with van der Waals surface area (Å²) >= 11 is 0. The third-order valence-corrected chi connectivity index (χ3v) is 2.42. The molecule has 1 N–H and O–H groups in total. The lowest BCUT2D eigenvalue weighted by Gasteiger charge is -2.36. The van der Waals surface area contributed by atoms with E-state index in [-0.39, 0.29) is 12.0 Å². The van der Waals surface area contributed by atoms with E-state index in [1.807, 2.05) is 13.0 Å². The number of amides is 1. The Hall–Kier alpha value is -1.42. The molecule has 1 amide bonds. The molecular weight excluding hydrogens is 180 g/mol. The van der Waals surface area contributed by atoms with Crippen molar-refractivity contribution in [2.75, 3.05) is 13.1 Å². The summed E-state index contributed by atoms with van der Waals surface area (Å²) in [7, 11) is 0. The molecule has 1 saturated heterocycles. The molecule has 1 fully saturated rings. The van der Waals surface area contributed by atoms with Gasteiger partial charge in [-0.1, -0.05) is 0 Å². The van der Waals surface area contributed by atoms with Crippen LogP contribution in [-0.2, 0) is 0 Å². The molecular formula is C10H12N2O2. The van der Waals surface area contributed by atoms with E-state index in [4.69, 9.17) is 5.11 Å². The van der Waals surface area contributed by atoms with Gasteiger partial charge in [-0.3, -0.25) is 9.78 Å². The Kier molecular flexibility index (Phi) is 2.21. The summed E-state index contributed by atoms with van der Waals surface area (Å²) in [5, 5.41) is 9.07. The van der Waals surface area contributed by atoms with Gasteiger partial charge in [0.25, 0.3) is 5.91 Å². The highest BCUT2D eigenvalue weighted by molar-refractivity contribution is 5.95. The van der Waals surface area contributed by atoms with Crippen molar-refractivity contribution >= 4 is 5.91 Å². The zero-order valence-electron chi connectivity index (χ0n) is 7.97.